The highest BCUT2D eigenvalue weighted by Crippen LogP contribution is 2.13. The van der Waals surface area contributed by atoms with Crippen LogP contribution in [0.15, 0.2) is 47.2 Å². The number of benzene rings is 1. The molecule has 3 N–H and O–H groups in total. The number of hydrogen-bond acceptors (Lipinski definition) is 6. The third-order valence-corrected chi connectivity index (χ3v) is 7.63. The smallest absolute Gasteiger partial charge is 0.245 e. The van der Waals surface area contributed by atoms with Gasteiger partial charge in [0.05, 0.1) is 13.0 Å². The first-order valence-corrected chi connectivity index (χ1v) is 14.5. The maximum Gasteiger partial charge on any atom is 0.245 e. The molecule has 10 nitrogen and oxygen atoms in total. The van der Waals surface area contributed by atoms with E-state index in [9.17, 15) is 24.0 Å². The zero-order chi connectivity index (χ0) is 29.2. The number of nitrogens with one attached hydrogen (secondary N) is 3. The third-order valence-electron chi connectivity index (χ3n) is 6.90. The Bertz CT molecular complexity index is 1170. The van der Waals surface area contributed by atoms with E-state index >= 15 is 0 Å². The van der Waals surface area contributed by atoms with Crippen LogP contribution in [0.3, 0.4) is 0 Å². The van der Waals surface area contributed by atoms with Crippen molar-refractivity contribution in [1.82, 2.24) is 25.8 Å². The molecule has 216 valence electrons. The predicted octanol–water partition coefficient (Wildman–Crippen LogP) is 1.35. The van der Waals surface area contributed by atoms with Crippen LogP contribution < -0.4 is 16.0 Å². The molecule has 3 atom stereocenters. The second kappa shape index (κ2) is 14.6. The number of nitrogens with zero attached hydrogens (tertiary/aromatic N) is 2. The van der Waals surface area contributed by atoms with E-state index in [0.717, 1.165) is 11.1 Å². The lowest BCUT2D eigenvalue weighted by molar-refractivity contribution is -0.143. The summed E-state index contributed by atoms with van der Waals surface area (Å²) in [6.45, 7) is 5.45. The van der Waals surface area contributed by atoms with Crippen molar-refractivity contribution < 1.29 is 24.0 Å². The Labute approximate surface area is 239 Å². The molecule has 0 spiro atoms. The van der Waals surface area contributed by atoms with Gasteiger partial charge in [0.2, 0.25) is 29.5 Å². The summed E-state index contributed by atoms with van der Waals surface area (Å²) >= 11 is 1.49. The molecule has 1 saturated heterocycles. The van der Waals surface area contributed by atoms with E-state index in [1.807, 2.05) is 47.2 Å². The predicted molar refractivity (Wildman–Crippen MR) is 153 cm³/mol. The molecule has 5 amide bonds. The van der Waals surface area contributed by atoms with Gasteiger partial charge in [0.25, 0.3) is 0 Å². The van der Waals surface area contributed by atoms with Crippen LogP contribution >= 0.6 is 11.3 Å². The van der Waals surface area contributed by atoms with Crippen molar-refractivity contribution >= 4 is 40.9 Å². The van der Waals surface area contributed by atoms with E-state index < -0.39 is 35.8 Å². The number of rotatable bonds is 5. The number of amides is 5. The molecule has 0 radical (unpaired) electrons. The van der Waals surface area contributed by atoms with Crippen LogP contribution in [-0.2, 0) is 36.8 Å². The fraction of sp³-hybridized carbons (Fsp3) is 0.483. The summed E-state index contributed by atoms with van der Waals surface area (Å²) < 4.78 is 0. The van der Waals surface area contributed by atoms with Gasteiger partial charge in [0, 0.05) is 26.6 Å². The summed E-state index contributed by atoms with van der Waals surface area (Å²) in [6.07, 6.45) is 0.830. The SMILES string of the molecule is CC(C)[C@@H]1NC(=O)[C@@H](C)N(C(=O)Cc2ccsc2)CCCNC(=O)[C@H](Cc2ccccc2)NC(=O)CN(C)C1=O. The van der Waals surface area contributed by atoms with Gasteiger partial charge in [-0.15, -0.1) is 0 Å². The van der Waals surface area contributed by atoms with Crippen molar-refractivity contribution in [2.75, 3.05) is 26.7 Å². The van der Waals surface area contributed by atoms with Crippen molar-refractivity contribution in [2.24, 2.45) is 5.92 Å². The van der Waals surface area contributed by atoms with Crippen LogP contribution in [0.2, 0.25) is 0 Å². The number of hydrogen-bond donors (Lipinski definition) is 3. The van der Waals surface area contributed by atoms with E-state index in [2.05, 4.69) is 16.0 Å². The maximum atomic E-state index is 13.3. The highest BCUT2D eigenvalue weighted by molar-refractivity contribution is 7.08. The van der Waals surface area contributed by atoms with Gasteiger partial charge in [-0.1, -0.05) is 44.2 Å². The van der Waals surface area contributed by atoms with Crippen LogP contribution in [0.1, 0.15) is 38.3 Å². The molecule has 2 heterocycles. The fourth-order valence-electron chi connectivity index (χ4n) is 4.55. The molecule has 1 aromatic heterocycles. The van der Waals surface area contributed by atoms with Crippen molar-refractivity contribution in [3.8, 4) is 0 Å². The minimum Gasteiger partial charge on any atom is -0.354 e. The Morgan fingerprint density at radius 3 is 2.40 bits per heavy atom. The van der Waals surface area contributed by atoms with Crippen LogP contribution in [-0.4, -0.2) is 84.1 Å². The standard InChI is InChI=1S/C29H39N5O5S/c1-19(2)26-29(39)33(4)17-24(35)31-23(15-21-9-6-5-7-10-21)28(38)30-12-8-13-34(20(3)27(37)32-26)25(36)16-22-11-14-40-18-22/h5-7,9-11,14,18-20,23,26H,8,12-13,15-17H2,1-4H3,(H,30,38)(H,31,35)(H,32,37)/t20-,23+,26+/m1/s1. The topological polar surface area (TPSA) is 128 Å². The minimum atomic E-state index is -0.891. The second-order valence-electron chi connectivity index (χ2n) is 10.5. The lowest BCUT2D eigenvalue weighted by Gasteiger charge is -2.32. The Hall–Kier alpha value is -3.73. The van der Waals surface area contributed by atoms with Gasteiger partial charge in [-0.3, -0.25) is 24.0 Å². The van der Waals surface area contributed by atoms with Gasteiger partial charge in [-0.25, -0.2) is 0 Å². The summed E-state index contributed by atoms with van der Waals surface area (Å²) in [5.74, 6) is -2.21. The first kappa shape index (κ1) is 30.8. The average Bonchev–Trinajstić information content (AvgIpc) is 3.43. The fourth-order valence-corrected chi connectivity index (χ4v) is 5.22. The summed E-state index contributed by atoms with van der Waals surface area (Å²) in [5, 5.41) is 12.2. The summed E-state index contributed by atoms with van der Waals surface area (Å²) in [7, 11) is 1.49. The maximum absolute atomic E-state index is 13.3. The first-order valence-electron chi connectivity index (χ1n) is 13.5. The minimum absolute atomic E-state index is 0.147. The van der Waals surface area contributed by atoms with Gasteiger partial charge >= 0.3 is 0 Å². The molecular formula is C29H39N5O5S. The molecule has 40 heavy (non-hydrogen) atoms. The number of likely N-dealkylation sites (N-methyl/N-ethyl adjacent to an activating group) is 1. The molecule has 0 unspecified atom stereocenters. The number of carbonyl (C=O) groups is 5. The Morgan fingerprint density at radius 1 is 1.02 bits per heavy atom. The molecule has 1 aliphatic heterocycles. The van der Waals surface area contributed by atoms with Crippen molar-refractivity contribution in [3.63, 3.8) is 0 Å². The van der Waals surface area contributed by atoms with Crippen molar-refractivity contribution in [1.29, 1.82) is 0 Å². The zero-order valence-electron chi connectivity index (χ0n) is 23.5. The van der Waals surface area contributed by atoms with Crippen LogP contribution in [0.4, 0.5) is 0 Å². The van der Waals surface area contributed by atoms with Crippen LogP contribution in [0.5, 0.6) is 0 Å². The summed E-state index contributed by atoms with van der Waals surface area (Å²) in [5.41, 5.74) is 1.74. The van der Waals surface area contributed by atoms with Gasteiger partial charge in [-0.2, -0.15) is 11.3 Å². The Morgan fingerprint density at radius 2 is 1.75 bits per heavy atom. The zero-order valence-corrected chi connectivity index (χ0v) is 24.3. The Kier molecular flexibility index (Phi) is 11.2. The normalized spacial score (nSPS) is 22.1. The van der Waals surface area contributed by atoms with E-state index in [-0.39, 0.29) is 50.2 Å². The van der Waals surface area contributed by atoms with Crippen molar-refractivity contribution in [2.45, 2.75) is 58.2 Å². The second-order valence-corrected chi connectivity index (χ2v) is 11.2. The molecule has 1 aromatic carbocycles. The van der Waals surface area contributed by atoms with E-state index in [4.69, 9.17) is 0 Å². The van der Waals surface area contributed by atoms with Gasteiger partial charge in [-0.05, 0) is 47.2 Å². The highest BCUT2D eigenvalue weighted by Gasteiger charge is 2.33. The molecule has 2 aromatic rings. The molecule has 3 rings (SSSR count). The Balaban J connectivity index is 1.86. The number of carbonyl (C=O) groups excluding carboxylic acids is 5. The average molecular weight is 570 g/mol. The molecule has 1 fully saturated rings. The molecule has 0 saturated carbocycles. The molecule has 0 bridgehead atoms. The molecule has 0 aliphatic carbocycles. The summed E-state index contributed by atoms with van der Waals surface area (Å²) in [6, 6.07) is 8.64. The van der Waals surface area contributed by atoms with E-state index in [0.29, 0.717) is 6.42 Å². The third kappa shape index (κ3) is 8.64. The summed E-state index contributed by atoms with van der Waals surface area (Å²) in [4.78, 5) is 68.7. The molecular weight excluding hydrogens is 530 g/mol. The quantitative estimate of drug-likeness (QED) is 0.501. The lowest BCUT2D eigenvalue weighted by Crippen LogP contribution is -2.58. The van der Waals surface area contributed by atoms with E-state index in [1.54, 1.807) is 20.8 Å². The first-order chi connectivity index (χ1) is 19.1. The van der Waals surface area contributed by atoms with Crippen molar-refractivity contribution in [3.05, 3.63) is 58.3 Å². The van der Waals surface area contributed by atoms with Gasteiger partial charge in [0.1, 0.15) is 18.1 Å². The molecule has 1 aliphatic rings. The van der Waals surface area contributed by atoms with E-state index in [1.165, 1.54) is 28.2 Å². The largest absolute Gasteiger partial charge is 0.354 e. The van der Waals surface area contributed by atoms with Crippen LogP contribution in [0.25, 0.3) is 0 Å². The van der Waals surface area contributed by atoms with Gasteiger partial charge in [0.15, 0.2) is 0 Å². The molecule has 11 heteroatoms. The van der Waals surface area contributed by atoms with Gasteiger partial charge < -0.3 is 25.8 Å². The number of thiophene rings is 1. The lowest BCUT2D eigenvalue weighted by atomic mass is 10.0. The monoisotopic (exact) mass is 569 g/mol. The van der Waals surface area contributed by atoms with Crippen LogP contribution in [0, 0.1) is 5.92 Å². The highest BCUT2D eigenvalue weighted by atomic mass is 32.1.